The van der Waals surface area contributed by atoms with Crippen molar-refractivity contribution in [3.63, 3.8) is 0 Å². The number of rotatable bonds is 2. The third-order valence-corrected chi connectivity index (χ3v) is 8.57. The van der Waals surface area contributed by atoms with Gasteiger partial charge in [-0.3, -0.25) is 0 Å². The van der Waals surface area contributed by atoms with Crippen molar-refractivity contribution in [2.45, 2.75) is 27.7 Å². The number of aryl methyl sites for hydroxylation is 4. The van der Waals surface area contributed by atoms with E-state index >= 15 is 0 Å². The van der Waals surface area contributed by atoms with Crippen LogP contribution < -0.4 is 24.8 Å². The summed E-state index contributed by atoms with van der Waals surface area (Å²) in [7, 11) is 0. The number of halogens is 2. The van der Waals surface area contributed by atoms with E-state index in [9.17, 15) is 0 Å². The van der Waals surface area contributed by atoms with Gasteiger partial charge in [0.25, 0.3) is 0 Å². The summed E-state index contributed by atoms with van der Waals surface area (Å²) in [6, 6.07) is 47.7. The van der Waals surface area contributed by atoms with Crippen molar-refractivity contribution in [1.29, 1.82) is 0 Å². The average molecular weight is 665 g/mol. The van der Waals surface area contributed by atoms with Gasteiger partial charge in [0.05, 0.1) is 0 Å². The molecule has 0 N–H and O–H groups in total. The zero-order chi connectivity index (χ0) is 28.1. The zero-order valence-corrected chi connectivity index (χ0v) is 28.4. The third kappa shape index (κ3) is 8.26. The second kappa shape index (κ2) is 15.4. The van der Waals surface area contributed by atoms with Crippen LogP contribution in [0.1, 0.15) is 33.4 Å². The van der Waals surface area contributed by atoms with Crippen LogP contribution in [0, 0.1) is 27.7 Å². The summed E-state index contributed by atoms with van der Waals surface area (Å²) in [4.78, 5) is 0. The van der Waals surface area contributed by atoms with Crippen molar-refractivity contribution in [3.8, 4) is 0 Å². The Morgan fingerprint density at radius 1 is 0.476 bits per heavy atom. The number of benzene rings is 5. The Bertz CT molecular complexity index is 1800. The summed E-state index contributed by atoms with van der Waals surface area (Å²) in [5, 5.41) is 8.17. The Morgan fingerprint density at radius 3 is 1.43 bits per heavy atom. The van der Waals surface area contributed by atoms with Crippen molar-refractivity contribution >= 4 is 35.5 Å². The molecule has 0 bridgehead atoms. The molecular weight excluding hydrogens is 631 g/mol. The van der Waals surface area contributed by atoms with E-state index in [1.165, 1.54) is 93.1 Å². The molecule has 0 saturated carbocycles. The SMILES string of the molecule is Cc1ccc2[cH-]c(C)cc2c1.Cc1ccc2c(c1)[cH-]c1cc(C)ccc12.[Cl-].[Cl-].[Zr+2]=[C](c1ccccc1)c1ccccc1. The molecule has 0 atom stereocenters. The molecule has 42 heavy (non-hydrogen) atoms. The van der Waals surface area contributed by atoms with E-state index in [2.05, 4.69) is 161 Å². The summed E-state index contributed by atoms with van der Waals surface area (Å²) in [5.74, 6) is 0. The topological polar surface area (TPSA) is 0 Å². The molecule has 0 aliphatic rings. The molecule has 0 fully saturated rings. The molecule has 0 amide bonds. The van der Waals surface area contributed by atoms with Gasteiger partial charge in [-0.15, -0.1) is 80.3 Å². The Hall–Kier alpha value is -3.09. The van der Waals surface area contributed by atoms with Gasteiger partial charge >= 0.3 is 99.2 Å². The number of hydrogen-bond acceptors (Lipinski definition) is 0. The molecule has 0 spiro atoms. The van der Waals surface area contributed by atoms with Crippen molar-refractivity contribution in [2.75, 3.05) is 0 Å². The summed E-state index contributed by atoms with van der Waals surface area (Å²) in [6.45, 7) is 8.54. The minimum absolute atomic E-state index is 0. The first-order valence-electron chi connectivity index (χ1n) is 13.8. The Kier molecular flexibility index (Phi) is 12.3. The summed E-state index contributed by atoms with van der Waals surface area (Å²) in [6.07, 6.45) is 0. The molecule has 0 radical (unpaired) electrons. The second-order valence-electron chi connectivity index (χ2n) is 10.6. The fourth-order valence-electron chi connectivity index (χ4n) is 5.12. The normalized spacial score (nSPS) is 10.1. The molecule has 0 heterocycles. The Balaban J connectivity index is 0.000000171. The molecule has 210 valence electrons. The molecule has 7 aromatic carbocycles. The molecule has 7 aromatic rings. The van der Waals surface area contributed by atoms with Crippen LogP contribution in [0.4, 0.5) is 0 Å². The molecule has 0 aliphatic heterocycles. The molecular formula is C39H34Cl2Zr-2. The van der Waals surface area contributed by atoms with Gasteiger partial charge < -0.3 is 24.8 Å². The van der Waals surface area contributed by atoms with Gasteiger partial charge in [0.15, 0.2) is 0 Å². The zero-order valence-electron chi connectivity index (χ0n) is 24.5. The second-order valence-corrected chi connectivity index (χ2v) is 11.8. The predicted octanol–water partition coefficient (Wildman–Crippen LogP) is 4.31. The van der Waals surface area contributed by atoms with Gasteiger partial charge in [0, 0.05) is 0 Å². The van der Waals surface area contributed by atoms with Gasteiger partial charge in [0.1, 0.15) is 0 Å². The molecule has 3 heteroatoms. The van der Waals surface area contributed by atoms with Crippen LogP contribution in [0.3, 0.4) is 0 Å². The van der Waals surface area contributed by atoms with Crippen molar-refractivity contribution in [1.82, 2.24) is 0 Å². The first-order chi connectivity index (χ1) is 19.4. The first-order valence-corrected chi connectivity index (χ1v) is 15.0. The summed E-state index contributed by atoms with van der Waals surface area (Å²) < 4.78 is 1.42. The van der Waals surface area contributed by atoms with Gasteiger partial charge in [0.2, 0.25) is 0 Å². The quantitative estimate of drug-likeness (QED) is 0.242. The fraction of sp³-hybridized carbons (Fsp3) is 0.103. The van der Waals surface area contributed by atoms with Crippen molar-refractivity contribution in [3.05, 3.63) is 167 Å². The molecule has 0 aliphatic carbocycles. The monoisotopic (exact) mass is 662 g/mol. The van der Waals surface area contributed by atoms with Crippen LogP contribution >= 0.6 is 0 Å². The van der Waals surface area contributed by atoms with Crippen LogP contribution in [0.5, 0.6) is 0 Å². The summed E-state index contributed by atoms with van der Waals surface area (Å²) in [5.41, 5.74) is 8.01. The first kappa shape index (κ1) is 33.4. The number of fused-ring (bicyclic) bond motifs is 4. The van der Waals surface area contributed by atoms with Gasteiger partial charge in [-0.05, 0) is 20.8 Å². The average Bonchev–Trinajstić information content (AvgIpc) is 3.51. The van der Waals surface area contributed by atoms with E-state index in [0.29, 0.717) is 0 Å². The Labute approximate surface area is 277 Å². The van der Waals surface area contributed by atoms with E-state index in [0.717, 1.165) is 0 Å². The Morgan fingerprint density at radius 2 is 0.929 bits per heavy atom. The predicted molar refractivity (Wildman–Crippen MR) is 172 cm³/mol. The van der Waals surface area contributed by atoms with E-state index in [1.54, 1.807) is 0 Å². The minimum atomic E-state index is 0. The van der Waals surface area contributed by atoms with Crippen molar-refractivity contribution < 1.29 is 49.0 Å². The third-order valence-electron chi connectivity index (χ3n) is 7.15. The summed E-state index contributed by atoms with van der Waals surface area (Å²) >= 11 is 1.46. The standard InChI is InChI=1S/C15H13.C13H10.C11H11.2ClH.Zr/c1-10-3-5-14-12(7-10)9-13-8-11(2)4-6-15(13)14;1-3-7-12(8-4-1)11-13-9-5-2-6-10-13;1-8-3-4-10-6-9(2)7-11(10)5-8;;;/h3-9H,1-2H3;1-10H;3-7H,1-2H3;2*1H;/q-1;;-1;;;+2/p-2. The van der Waals surface area contributed by atoms with E-state index in [4.69, 9.17) is 0 Å². The van der Waals surface area contributed by atoms with Crippen LogP contribution in [-0.4, -0.2) is 3.21 Å². The molecule has 0 aromatic heterocycles. The van der Waals surface area contributed by atoms with Gasteiger partial charge in [-0.1, -0.05) is 47.9 Å². The fourth-order valence-corrected chi connectivity index (χ4v) is 5.94. The molecule has 0 unspecified atom stereocenters. The van der Waals surface area contributed by atoms with Crippen LogP contribution in [0.2, 0.25) is 0 Å². The van der Waals surface area contributed by atoms with E-state index < -0.39 is 0 Å². The van der Waals surface area contributed by atoms with E-state index in [1.807, 2.05) is 0 Å². The van der Waals surface area contributed by atoms with Gasteiger partial charge in [-0.25, -0.2) is 0 Å². The molecule has 0 nitrogen and oxygen atoms in total. The van der Waals surface area contributed by atoms with Gasteiger partial charge in [-0.2, -0.15) is 6.07 Å². The van der Waals surface area contributed by atoms with Crippen molar-refractivity contribution in [2.24, 2.45) is 0 Å². The maximum absolute atomic E-state index is 2.28. The van der Waals surface area contributed by atoms with Crippen LogP contribution in [0.25, 0.3) is 32.3 Å². The number of hydrogen-bond donors (Lipinski definition) is 0. The molecule has 7 rings (SSSR count). The van der Waals surface area contributed by atoms with Crippen LogP contribution in [-0.2, 0) is 24.2 Å². The van der Waals surface area contributed by atoms with E-state index in [-0.39, 0.29) is 24.8 Å². The maximum atomic E-state index is 2.28. The molecule has 0 saturated heterocycles. The van der Waals surface area contributed by atoms with Crippen LogP contribution in [0.15, 0.2) is 133 Å².